The molecule has 0 bridgehead atoms. The maximum absolute atomic E-state index is 12.7. The van der Waals surface area contributed by atoms with Gasteiger partial charge in [-0.25, -0.2) is 8.42 Å². The van der Waals surface area contributed by atoms with E-state index in [1.54, 1.807) is 0 Å². The van der Waals surface area contributed by atoms with Gasteiger partial charge in [-0.15, -0.1) is 0 Å². The van der Waals surface area contributed by atoms with Crippen molar-refractivity contribution in [2.75, 3.05) is 11.6 Å². The van der Waals surface area contributed by atoms with Crippen molar-refractivity contribution in [3.8, 4) is 5.75 Å². The summed E-state index contributed by atoms with van der Waals surface area (Å²) < 4.78 is 58.0. The number of amides is 1. The summed E-state index contributed by atoms with van der Waals surface area (Å²) in [6.07, 6.45) is 1.27. The van der Waals surface area contributed by atoms with Crippen LogP contribution in [0.25, 0.3) is 0 Å². The van der Waals surface area contributed by atoms with Crippen molar-refractivity contribution in [1.82, 2.24) is 0 Å². The summed E-state index contributed by atoms with van der Waals surface area (Å²) in [5, 5.41) is 2.23. The molecule has 3 aromatic rings. The molecule has 0 saturated carbocycles. The van der Waals surface area contributed by atoms with Crippen molar-refractivity contribution in [2.45, 2.75) is 18.1 Å². The van der Waals surface area contributed by atoms with Crippen LogP contribution in [-0.2, 0) is 16.3 Å². The van der Waals surface area contributed by atoms with Crippen molar-refractivity contribution < 1.29 is 31.1 Å². The Labute approximate surface area is 166 Å². The van der Waals surface area contributed by atoms with Gasteiger partial charge in [0.2, 0.25) is 14.9 Å². The lowest BCUT2D eigenvalue weighted by molar-refractivity contribution is -0.0503. The fourth-order valence-corrected chi connectivity index (χ4v) is 3.21. The third kappa shape index (κ3) is 5.41. The third-order valence-electron chi connectivity index (χ3n) is 3.94. The van der Waals surface area contributed by atoms with E-state index in [0.29, 0.717) is 17.7 Å². The van der Waals surface area contributed by atoms with Crippen LogP contribution in [-0.4, -0.2) is 27.2 Å². The Morgan fingerprint density at radius 3 is 2.45 bits per heavy atom. The Morgan fingerprint density at radius 2 is 1.83 bits per heavy atom. The van der Waals surface area contributed by atoms with Crippen LogP contribution in [0.3, 0.4) is 0 Å². The van der Waals surface area contributed by atoms with Gasteiger partial charge in [0.05, 0.1) is 0 Å². The van der Waals surface area contributed by atoms with Crippen molar-refractivity contribution >= 4 is 21.4 Å². The zero-order chi connectivity index (χ0) is 21.0. The number of halogens is 2. The minimum atomic E-state index is -3.58. The van der Waals surface area contributed by atoms with Crippen molar-refractivity contribution in [1.29, 1.82) is 0 Å². The topological polar surface area (TPSA) is 85.6 Å². The zero-order valence-corrected chi connectivity index (χ0v) is 16.1. The summed E-state index contributed by atoms with van der Waals surface area (Å²) >= 11 is 0. The lowest BCUT2D eigenvalue weighted by atomic mass is 10.0. The monoisotopic (exact) mass is 421 g/mol. The number of carbonyl (C=O) groups is 1. The normalized spacial score (nSPS) is 11.4. The van der Waals surface area contributed by atoms with E-state index in [2.05, 4.69) is 10.1 Å². The Hall–Kier alpha value is -3.20. The molecule has 0 fully saturated rings. The standard InChI is InChI=1S/C20H17F2NO5S/c1-29(25,26)18-10-9-17(27-18)19(24)23-15-7-8-16(28-20(21)22)14(12-15)11-13-5-3-2-4-6-13/h2-10,12,20H,11H2,1H3,(H,23,24). The Balaban J connectivity index is 1.84. The number of benzene rings is 2. The SMILES string of the molecule is CS(=O)(=O)c1ccc(C(=O)Nc2ccc(OC(F)F)c(Cc3ccccc3)c2)o1. The number of rotatable bonds is 7. The molecule has 152 valence electrons. The second-order valence-corrected chi connectivity index (χ2v) is 8.16. The van der Waals surface area contributed by atoms with Gasteiger partial charge in [0.25, 0.3) is 5.91 Å². The summed E-state index contributed by atoms with van der Waals surface area (Å²) in [7, 11) is -3.58. The molecule has 0 aliphatic rings. The molecule has 1 N–H and O–H groups in total. The molecule has 1 amide bonds. The van der Waals surface area contributed by atoms with E-state index in [4.69, 9.17) is 4.42 Å². The Kier molecular flexibility index (Phi) is 5.97. The molecule has 2 aromatic carbocycles. The number of anilines is 1. The largest absolute Gasteiger partial charge is 0.440 e. The van der Waals surface area contributed by atoms with Gasteiger partial charge in [-0.3, -0.25) is 4.79 Å². The van der Waals surface area contributed by atoms with Gasteiger partial charge in [-0.1, -0.05) is 30.3 Å². The van der Waals surface area contributed by atoms with Gasteiger partial charge >= 0.3 is 6.61 Å². The Morgan fingerprint density at radius 1 is 1.10 bits per heavy atom. The summed E-state index contributed by atoms with van der Waals surface area (Å²) in [4.78, 5) is 12.3. The summed E-state index contributed by atoms with van der Waals surface area (Å²) in [5.74, 6) is -0.866. The highest BCUT2D eigenvalue weighted by atomic mass is 32.2. The van der Waals surface area contributed by atoms with E-state index in [1.807, 2.05) is 30.3 Å². The van der Waals surface area contributed by atoms with Crippen LogP contribution in [0.2, 0.25) is 0 Å². The molecule has 0 spiro atoms. The number of ether oxygens (including phenoxy) is 1. The lowest BCUT2D eigenvalue weighted by Crippen LogP contribution is -2.12. The van der Waals surface area contributed by atoms with Gasteiger partial charge < -0.3 is 14.5 Å². The molecule has 0 saturated heterocycles. The van der Waals surface area contributed by atoms with E-state index in [9.17, 15) is 22.0 Å². The fourth-order valence-electron chi connectivity index (χ4n) is 2.66. The van der Waals surface area contributed by atoms with E-state index in [0.717, 1.165) is 11.8 Å². The summed E-state index contributed by atoms with van der Waals surface area (Å²) in [5.41, 5.74) is 1.64. The average Bonchev–Trinajstić information content (AvgIpc) is 3.15. The van der Waals surface area contributed by atoms with E-state index < -0.39 is 22.4 Å². The molecule has 0 aliphatic heterocycles. The van der Waals surface area contributed by atoms with Crippen LogP contribution in [0, 0.1) is 0 Å². The first kappa shape index (κ1) is 20.5. The highest BCUT2D eigenvalue weighted by Crippen LogP contribution is 2.27. The van der Waals surface area contributed by atoms with Crippen LogP contribution >= 0.6 is 0 Å². The number of alkyl halides is 2. The molecule has 0 radical (unpaired) electrons. The van der Waals surface area contributed by atoms with E-state index >= 15 is 0 Å². The molecule has 1 aromatic heterocycles. The second-order valence-electron chi connectivity index (χ2n) is 6.21. The zero-order valence-electron chi connectivity index (χ0n) is 15.3. The number of hydrogen-bond donors (Lipinski definition) is 1. The molecule has 3 rings (SSSR count). The molecular weight excluding hydrogens is 404 g/mol. The quantitative estimate of drug-likeness (QED) is 0.620. The van der Waals surface area contributed by atoms with E-state index in [-0.39, 0.29) is 16.6 Å². The summed E-state index contributed by atoms with van der Waals surface area (Å²) in [6, 6.07) is 15.9. The summed E-state index contributed by atoms with van der Waals surface area (Å²) in [6.45, 7) is -2.98. The molecular formula is C20H17F2NO5S. The maximum atomic E-state index is 12.7. The lowest BCUT2D eigenvalue weighted by Gasteiger charge is -2.13. The van der Waals surface area contributed by atoms with Gasteiger partial charge in [-0.2, -0.15) is 8.78 Å². The number of carbonyl (C=O) groups excluding carboxylic acids is 1. The minimum Gasteiger partial charge on any atom is -0.440 e. The molecule has 29 heavy (non-hydrogen) atoms. The predicted octanol–water partition coefficient (Wildman–Crippen LogP) is 4.13. The molecule has 9 heteroatoms. The highest BCUT2D eigenvalue weighted by Gasteiger charge is 2.18. The van der Waals surface area contributed by atoms with Crippen LogP contribution in [0.1, 0.15) is 21.7 Å². The molecule has 0 aliphatic carbocycles. The van der Waals surface area contributed by atoms with Gasteiger partial charge in [-0.05, 0) is 35.9 Å². The highest BCUT2D eigenvalue weighted by molar-refractivity contribution is 7.90. The first-order valence-electron chi connectivity index (χ1n) is 8.45. The average molecular weight is 421 g/mol. The number of furan rings is 1. The second kappa shape index (κ2) is 8.44. The van der Waals surface area contributed by atoms with E-state index in [1.165, 1.54) is 30.3 Å². The van der Waals surface area contributed by atoms with Gasteiger partial charge in [0.1, 0.15) is 5.75 Å². The van der Waals surface area contributed by atoms with Crippen LogP contribution in [0.15, 0.2) is 70.2 Å². The molecule has 0 unspecified atom stereocenters. The molecule has 1 heterocycles. The van der Waals surface area contributed by atoms with Crippen LogP contribution < -0.4 is 10.1 Å². The van der Waals surface area contributed by atoms with Crippen molar-refractivity contribution in [3.63, 3.8) is 0 Å². The number of nitrogens with one attached hydrogen (secondary N) is 1. The number of hydrogen-bond acceptors (Lipinski definition) is 5. The smallest absolute Gasteiger partial charge is 0.387 e. The van der Waals surface area contributed by atoms with Gasteiger partial charge in [0.15, 0.2) is 5.76 Å². The van der Waals surface area contributed by atoms with Gasteiger partial charge in [0, 0.05) is 23.9 Å². The van der Waals surface area contributed by atoms with Crippen LogP contribution in [0.4, 0.5) is 14.5 Å². The Bertz CT molecular complexity index is 1110. The maximum Gasteiger partial charge on any atom is 0.387 e. The molecule has 0 atom stereocenters. The third-order valence-corrected chi connectivity index (χ3v) is 4.89. The number of sulfone groups is 1. The van der Waals surface area contributed by atoms with Crippen LogP contribution in [0.5, 0.6) is 5.75 Å². The predicted molar refractivity (Wildman–Crippen MR) is 102 cm³/mol. The minimum absolute atomic E-state index is 0.000728. The van der Waals surface area contributed by atoms with Crippen molar-refractivity contribution in [2.24, 2.45) is 0 Å². The first-order valence-corrected chi connectivity index (χ1v) is 10.3. The van der Waals surface area contributed by atoms with Crippen molar-refractivity contribution in [3.05, 3.63) is 77.6 Å². The fraction of sp³-hybridized carbons (Fsp3) is 0.150. The first-order chi connectivity index (χ1) is 13.7. The molecule has 6 nitrogen and oxygen atoms in total.